The summed E-state index contributed by atoms with van der Waals surface area (Å²) in [5.41, 5.74) is 1.84. The van der Waals surface area contributed by atoms with Crippen LogP contribution in [0.4, 0.5) is 0 Å². The number of phosphoric acid groups is 1. The first-order valence-corrected chi connectivity index (χ1v) is 10.7. The molecule has 3 heterocycles. The highest BCUT2D eigenvalue weighted by atomic mass is 31.2. The lowest BCUT2D eigenvalue weighted by molar-refractivity contribution is -0.232. The number of para-hydroxylation sites is 1. The first kappa shape index (κ1) is 23.0. The van der Waals surface area contributed by atoms with Crippen molar-refractivity contribution in [2.75, 3.05) is 6.61 Å². The predicted octanol–water partition coefficient (Wildman–Crippen LogP) is -1.30. The maximum atomic E-state index is 12.0. The standard InChI is InChI=1S/C17H18N5O10P/c23-10-3-1-2-8(12(10)24)16(27)21-32-33(28,29)30-5-11-13(25)14(26)17(31-11)22-7-20-9-4-18-6-19-15(9)22/h1-4,6-7,11,13-14,17,23-26H,5H2,(H,21,27)(H,28,29)/p-1/t11-,13-,14-,17-/m1/s1. The van der Waals surface area contributed by atoms with Gasteiger partial charge in [-0.15, -0.1) is 0 Å². The Labute approximate surface area is 184 Å². The van der Waals surface area contributed by atoms with Gasteiger partial charge in [0.15, 0.2) is 23.4 Å². The Bertz CT molecular complexity index is 1220. The number of aromatic hydroxyl groups is 2. The minimum atomic E-state index is -5.15. The molecule has 1 saturated heterocycles. The number of amides is 1. The zero-order valence-corrected chi connectivity index (χ0v) is 17.3. The molecule has 33 heavy (non-hydrogen) atoms. The van der Waals surface area contributed by atoms with Crippen LogP contribution in [0.5, 0.6) is 11.5 Å². The van der Waals surface area contributed by atoms with Gasteiger partial charge in [-0.25, -0.2) is 20.4 Å². The molecule has 4 rings (SSSR count). The molecule has 176 valence electrons. The Morgan fingerprint density at radius 3 is 2.85 bits per heavy atom. The number of carbonyl (C=O) groups excluding carboxylic acids is 1. The quantitative estimate of drug-likeness (QED) is 0.150. The van der Waals surface area contributed by atoms with Gasteiger partial charge in [0, 0.05) is 0 Å². The van der Waals surface area contributed by atoms with Crippen LogP contribution in [-0.2, 0) is 18.5 Å². The highest BCUT2D eigenvalue weighted by molar-refractivity contribution is 7.45. The van der Waals surface area contributed by atoms with Crippen molar-refractivity contribution in [3.8, 4) is 11.5 Å². The van der Waals surface area contributed by atoms with Gasteiger partial charge >= 0.3 is 0 Å². The van der Waals surface area contributed by atoms with Gasteiger partial charge in [-0.05, 0) is 12.1 Å². The number of imidazole rings is 1. The van der Waals surface area contributed by atoms with E-state index in [1.165, 1.54) is 29.5 Å². The number of aliphatic hydroxyl groups excluding tert-OH is 2. The Hall–Kier alpha value is -3.17. The van der Waals surface area contributed by atoms with E-state index < -0.39 is 61.9 Å². The molecule has 0 spiro atoms. The summed E-state index contributed by atoms with van der Waals surface area (Å²) in [5.74, 6) is -2.55. The van der Waals surface area contributed by atoms with Gasteiger partial charge in [0.2, 0.25) is 0 Å². The number of ether oxygens (including phenoxy) is 1. The van der Waals surface area contributed by atoms with E-state index in [2.05, 4.69) is 24.1 Å². The fourth-order valence-electron chi connectivity index (χ4n) is 3.13. The molecular weight excluding hydrogens is 465 g/mol. The average molecular weight is 482 g/mol. The summed E-state index contributed by atoms with van der Waals surface area (Å²) in [6.07, 6.45) is -1.42. The second-order valence-corrected chi connectivity index (χ2v) is 8.20. The molecule has 1 amide bonds. The fourth-order valence-corrected chi connectivity index (χ4v) is 3.70. The molecule has 0 saturated carbocycles. The van der Waals surface area contributed by atoms with E-state index in [0.29, 0.717) is 11.2 Å². The zero-order valence-electron chi connectivity index (χ0n) is 16.5. The SMILES string of the molecule is O=C(NOP(=O)([O-])OC[C@H]1O[C@@H](n2cnc3cncnc32)[C@H](O)[C@@H]1O)c1cccc(O)c1O. The lowest BCUT2D eigenvalue weighted by Gasteiger charge is -2.24. The Morgan fingerprint density at radius 2 is 2.06 bits per heavy atom. The molecule has 5 atom stereocenters. The molecule has 5 N–H and O–H groups in total. The summed E-state index contributed by atoms with van der Waals surface area (Å²) < 4.78 is 27.8. The molecule has 15 nitrogen and oxygen atoms in total. The Balaban J connectivity index is 1.36. The number of rotatable bonds is 7. The molecule has 2 aromatic heterocycles. The summed E-state index contributed by atoms with van der Waals surface area (Å²) in [6.45, 7) is -0.760. The zero-order chi connectivity index (χ0) is 23.8. The third-order valence-electron chi connectivity index (χ3n) is 4.76. The highest BCUT2D eigenvalue weighted by Crippen LogP contribution is 2.40. The number of benzene rings is 1. The number of phenolic OH excluding ortho intramolecular Hbond substituents is 2. The summed E-state index contributed by atoms with van der Waals surface area (Å²) >= 11 is 0. The number of hydroxylamine groups is 1. The number of fused-ring (bicyclic) bond motifs is 1. The van der Waals surface area contributed by atoms with Gasteiger partial charge in [0.05, 0.1) is 24.7 Å². The largest absolute Gasteiger partial charge is 0.755 e. The number of carbonyl (C=O) groups is 1. The maximum Gasteiger partial charge on any atom is 0.290 e. The molecule has 0 bridgehead atoms. The van der Waals surface area contributed by atoms with Crippen LogP contribution in [0, 0.1) is 0 Å². The van der Waals surface area contributed by atoms with Crippen molar-refractivity contribution in [2.45, 2.75) is 24.5 Å². The molecule has 3 aromatic rings. The van der Waals surface area contributed by atoms with E-state index in [1.54, 1.807) is 5.48 Å². The topological polar surface area (TPSA) is 221 Å². The second kappa shape index (κ2) is 8.99. The smallest absolute Gasteiger partial charge is 0.290 e. The van der Waals surface area contributed by atoms with Gasteiger partial charge in [-0.3, -0.25) is 13.9 Å². The van der Waals surface area contributed by atoms with Gasteiger partial charge < -0.3 is 34.6 Å². The Morgan fingerprint density at radius 1 is 1.27 bits per heavy atom. The van der Waals surface area contributed by atoms with E-state index in [1.807, 2.05) is 0 Å². The van der Waals surface area contributed by atoms with Crippen molar-refractivity contribution in [1.82, 2.24) is 25.0 Å². The monoisotopic (exact) mass is 482 g/mol. The Kier molecular flexibility index (Phi) is 6.27. The molecule has 1 aromatic carbocycles. The van der Waals surface area contributed by atoms with Gasteiger partial charge in [-0.2, -0.15) is 4.62 Å². The lowest BCUT2D eigenvalue weighted by atomic mass is 10.1. The van der Waals surface area contributed by atoms with Crippen LogP contribution in [0.1, 0.15) is 16.6 Å². The number of aromatic nitrogens is 4. The first-order chi connectivity index (χ1) is 15.7. The van der Waals surface area contributed by atoms with Crippen molar-refractivity contribution in [3.63, 3.8) is 0 Å². The number of nitrogens with zero attached hydrogens (tertiary/aromatic N) is 4. The number of phosphoric ester groups is 1. The second-order valence-electron chi connectivity index (χ2n) is 6.87. The van der Waals surface area contributed by atoms with Gasteiger partial charge in [0.1, 0.15) is 30.2 Å². The molecular formula is C17H17N5O10P-. The van der Waals surface area contributed by atoms with E-state index in [4.69, 9.17) is 4.74 Å². The van der Waals surface area contributed by atoms with Crippen LogP contribution in [0.25, 0.3) is 11.2 Å². The molecule has 1 aliphatic heterocycles. The highest BCUT2D eigenvalue weighted by Gasteiger charge is 2.44. The molecule has 16 heteroatoms. The number of hydrogen-bond acceptors (Lipinski definition) is 13. The third-order valence-corrected chi connectivity index (χ3v) is 5.54. The fraction of sp³-hybridized carbons (Fsp3) is 0.294. The minimum absolute atomic E-state index is 0.318. The van der Waals surface area contributed by atoms with Crippen LogP contribution < -0.4 is 10.4 Å². The van der Waals surface area contributed by atoms with Crippen LogP contribution in [0.2, 0.25) is 0 Å². The van der Waals surface area contributed by atoms with Crippen molar-refractivity contribution >= 4 is 24.9 Å². The summed E-state index contributed by atoms with van der Waals surface area (Å²) in [6, 6.07) is 3.47. The summed E-state index contributed by atoms with van der Waals surface area (Å²) in [7, 11) is -5.15. The van der Waals surface area contributed by atoms with E-state index in [9.17, 15) is 34.7 Å². The third kappa shape index (κ3) is 4.65. The van der Waals surface area contributed by atoms with Crippen molar-refractivity contribution in [2.24, 2.45) is 0 Å². The maximum absolute atomic E-state index is 12.0. The van der Waals surface area contributed by atoms with Crippen molar-refractivity contribution < 1.29 is 48.6 Å². The van der Waals surface area contributed by atoms with Crippen molar-refractivity contribution in [1.29, 1.82) is 0 Å². The number of phenols is 2. The molecule has 1 fully saturated rings. The molecule has 1 unspecified atom stereocenters. The summed E-state index contributed by atoms with van der Waals surface area (Å²) in [5, 5.41) is 39.6. The van der Waals surface area contributed by atoms with Gasteiger partial charge in [0.25, 0.3) is 13.7 Å². The molecule has 0 aliphatic carbocycles. The minimum Gasteiger partial charge on any atom is -0.755 e. The van der Waals surface area contributed by atoms with Crippen LogP contribution in [0.3, 0.4) is 0 Å². The van der Waals surface area contributed by atoms with Crippen molar-refractivity contribution in [3.05, 3.63) is 42.6 Å². The lowest BCUT2D eigenvalue weighted by Crippen LogP contribution is -2.34. The predicted molar refractivity (Wildman–Crippen MR) is 103 cm³/mol. The first-order valence-electron chi connectivity index (χ1n) is 9.27. The van der Waals surface area contributed by atoms with E-state index in [-0.39, 0.29) is 0 Å². The molecule has 1 aliphatic rings. The number of hydrogen-bond donors (Lipinski definition) is 5. The van der Waals surface area contributed by atoms with Crippen LogP contribution in [0.15, 0.2) is 37.1 Å². The van der Waals surface area contributed by atoms with Crippen LogP contribution >= 0.6 is 7.82 Å². The van der Waals surface area contributed by atoms with E-state index in [0.717, 1.165) is 12.1 Å². The average Bonchev–Trinajstić information content (AvgIpc) is 3.34. The molecule has 0 radical (unpaired) electrons. The summed E-state index contributed by atoms with van der Waals surface area (Å²) in [4.78, 5) is 35.8. The normalized spacial score (nSPS) is 24.6. The van der Waals surface area contributed by atoms with Gasteiger partial charge in [-0.1, -0.05) is 6.07 Å². The van der Waals surface area contributed by atoms with E-state index >= 15 is 0 Å². The number of aliphatic hydroxyl groups is 2. The number of nitrogens with one attached hydrogen (secondary N) is 1. The van der Waals surface area contributed by atoms with Crippen LogP contribution in [-0.4, -0.2) is 70.8 Å².